The van der Waals surface area contributed by atoms with E-state index in [1.165, 1.54) is 13.2 Å². The second kappa shape index (κ2) is 4.52. The zero-order chi connectivity index (χ0) is 11.6. The van der Waals surface area contributed by atoms with Crippen LogP contribution in [0, 0.1) is 0 Å². The van der Waals surface area contributed by atoms with E-state index in [1.807, 2.05) is 0 Å². The molecule has 0 aliphatic heterocycles. The second-order valence-electron chi connectivity index (χ2n) is 2.52. The van der Waals surface area contributed by atoms with Crippen LogP contribution >= 0.6 is 15.9 Å². The van der Waals surface area contributed by atoms with E-state index >= 15 is 0 Å². The van der Waals surface area contributed by atoms with E-state index in [1.54, 1.807) is 0 Å². The third-order valence-electron chi connectivity index (χ3n) is 1.63. The number of methoxy groups -OCH3 is 1. The highest BCUT2D eigenvalue weighted by Crippen LogP contribution is 2.33. The van der Waals surface area contributed by atoms with Crippen LogP contribution in [0.15, 0.2) is 10.7 Å². The lowest BCUT2D eigenvalue weighted by molar-refractivity contribution is 0.0675. The smallest absolute Gasteiger partial charge is 0.355 e. The van der Waals surface area contributed by atoms with Gasteiger partial charge in [0, 0.05) is 6.07 Å². The number of carbonyl (C=O) groups is 1. The monoisotopic (exact) mass is 281 g/mol. The maximum absolute atomic E-state index is 12.6. The number of hydrogen-bond donors (Lipinski definition) is 1. The Hall–Kier alpha value is -1.24. The Kier molecular flexibility index (Phi) is 3.57. The molecule has 0 aliphatic carbocycles. The van der Waals surface area contributed by atoms with Gasteiger partial charge in [-0.15, -0.1) is 0 Å². The number of aromatic nitrogens is 1. The van der Waals surface area contributed by atoms with Crippen LogP contribution in [0.5, 0.6) is 5.75 Å². The van der Waals surface area contributed by atoms with E-state index < -0.39 is 23.7 Å². The maximum atomic E-state index is 12.6. The SMILES string of the molecule is COc1cc(Br)nc(C(=O)O)c1C(F)F. The highest BCUT2D eigenvalue weighted by atomic mass is 79.9. The third-order valence-corrected chi connectivity index (χ3v) is 2.04. The number of carboxylic acid groups (broad SMARTS) is 1. The lowest BCUT2D eigenvalue weighted by atomic mass is 10.2. The molecule has 1 aromatic rings. The normalized spacial score (nSPS) is 10.5. The van der Waals surface area contributed by atoms with Crippen molar-refractivity contribution in [3.63, 3.8) is 0 Å². The van der Waals surface area contributed by atoms with Crippen molar-refractivity contribution >= 4 is 21.9 Å². The molecule has 0 aliphatic rings. The lowest BCUT2D eigenvalue weighted by Crippen LogP contribution is -2.08. The topological polar surface area (TPSA) is 59.4 Å². The summed E-state index contributed by atoms with van der Waals surface area (Å²) >= 11 is 2.91. The predicted octanol–water partition coefficient (Wildman–Crippen LogP) is 2.49. The Labute approximate surface area is 92.0 Å². The molecule has 4 nitrogen and oxygen atoms in total. The number of alkyl halides is 2. The van der Waals surface area contributed by atoms with E-state index in [0.717, 1.165) is 0 Å². The summed E-state index contributed by atoms with van der Waals surface area (Å²) in [6.45, 7) is 0. The minimum atomic E-state index is -2.95. The van der Waals surface area contributed by atoms with Crippen molar-refractivity contribution in [1.82, 2.24) is 4.98 Å². The molecular formula is C8H6BrF2NO3. The van der Waals surface area contributed by atoms with Crippen LogP contribution in [0.4, 0.5) is 8.78 Å². The highest BCUT2D eigenvalue weighted by Gasteiger charge is 2.25. The van der Waals surface area contributed by atoms with Crippen LogP contribution < -0.4 is 4.74 Å². The van der Waals surface area contributed by atoms with Gasteiger partial charge in [0.1, 0.15) is 10.4 Å². The van der Waals surface area contributed by atoms with Crippen LogP contribution in [0.1, 0.15) is 22.5 Å². The molecule has 1 heterocycles. The maximum Gasteiger partial charge on any atom is 0.355 e. The molecule has 0 atom stereocenters. The molecule has 0 bridgehead atoms. The van der Waals surface area contributed by atoms with Gasteiger partial charge in [-0.1, -0.05) is 0 Å². The van der Waals surface area contributed by atoms with E-state index in [9.17, 15) is 13.6 Å². The van der Waals surface area contributed by atoms with Gasteiger partial charge in [-0.25, -0.2) is 18.6 Å². The minimum absolute atomic E-state index is 0.126. The summed E-state index contributed by atoms with van der Waals surface area (Å²) in [7, 11) is 1.18. The molecule has 0 saturated carbocycles. The van der Waals surface area contributed by atoms with E-state index in [0.29, 0.717) is 0 Å². The zero-order valence-corrected chi connectivity index (χ0v) is 9.09. The van der Waals surface area contributed by atoms with E-state index in [-0.39, 0.29) is 10.4 Å². The lowest BCUT2D eigenvalue weighted by Gasteiger charge is -2.10. The molecule has 0 saturated heterocycles. The number of ether oxygens (including phenoxy) is 1. The molecule has 0 spiro atoms. The Morgan fingerprint density at radius 1 is 1.67 bits per heavy atom. The molecule has 7 heteroatoms. The van der Waals surface area contributed by atoms with Crippen molar-refractivity contribution in [3.8, 4) is 5.75 Å². The summed E-state index contributed by atoms with van der Waals surface area (Å²) in [6, 6.07) is 1.19. The summed E-state index contributed by atoms with van der Waals surface area (Å²) in [5.41, 5.74) is -1.43. The van der Waals surface area contributed by atoms with E-state index in [2.05, 4.69) is 25.7 Å². The summed E-state index contributed by atoms with van der Waals surface area (Å²) in [5, 5.41) is 8.69. The summed E-state index contributed by atoms with van der Waals surface area (Å²) in [6.07, 6.45) is -2.95. The Morgan fingerprint density at radius 2 is 2.27 bits per heavy atom. The Morgan fingerprint density at radius 3 is 2.67 bits per heavy atom. The molecule has 1 aromatic heterocycles. The third kappa shape index (κ3) is 2.41. The van der Waals surface area contributed by atoms with Crippen molar-refractivity contribution in [2.75, 3.05) is 7.11 Å². The molecule has 0 amide bonds. The summed E-state index contributed by atoms with van der Waals surface area (Å²) in [5.74, 6) is -1.73. The predicted molar refractivity (Wildman–Crippen MR) is 50.4 cm³/mol. The van der Waals surface area contributed by atoms with Crippen LogP contribution in [-0.2, 0) is 0 Å². The molecule has 15 heavy (non-hydrogen) atoms. The first-order chi connectivity index (χ1) is 6.97. The molecule has 82 valence electrons. The van der Waals surface area contributed by atoms with E-state index in [4.69, 9.17) is 5.11 Å². The molecule has 0 radical (unpaired) electrons. The van der Waals surface area contributed by atoms with Crippen molar-refractivity contribution in [2.45, 2.75) is 6.43 Å². The number of rotatable bonds is 3. The van der Waals surface area contributed by atoms with Gasteiger partial charge in [-0.3, -0.25) is 0 Å². The number of nitrogens with zero attached hydrogens (tertiary/aromatic N) is 1. The number of halogens is 3. The van der Waals surface area contributed by atoms with Crippen LogP contribution in [0.2, 0.25) is 0 Å². The standard InChI is InChI=1S/C8H6BrF2NO3/c1-15-3-2-4(9)12-6(8(13)14)5(3)7(10)11/h2,7H,1H3,(H,13,14). The van der Waals surface area contributed by atoms with Crippen molar-refractivity contribution < 1.29 is 23.4 Å². The summed E-state index contributed by atoms with van der Waals surface area (Å²) < 4.78 is 29.9. The van der Waals surface area contributed by atoms with Crippen molar-refractivity contribution in [2.24, 2.45) is 0 Å². The van der Waals surface area contributed by atoms with Gasteiger partial charge >= 0.3 is 5.97 Å². The van der Waals surface area contributed by atoms with Crippen molar-refractivity contribution in [1.29, 1.82) is 0 Å². The fourth-order valence-electron chi connectivity index (χ4n) is 1.04. The van der Waals surface area contributed by atoms with Gasteiger partial charge in [-0.2, -0.15) is 0 Å². The molecule has 0 unspecified atom stereocenters. The van der Waals surface area contributed by atoms with Gasteiger partial charge in [0.2, 0.25) is 0 Å². The fourth-order valence-corrected chi connectivity index (χ4v) is 1.43. The molecule has 0 aromatic carbocycles. The fraction of sp³-hybridized carbons (Fsp3) is 0.250. The van der Waals surface area contributed by atoms with Gasteiger partial charge in [0.15, 0.2) is 5.69 Å². The first-order valence-electron chi connectivity index (χ1n) is 3.73. The molecule has 0 fully saturated rings. The largest absolute Gasteiger partial charge is 0.496 e. The average Bonchev–Trinajstić information content (AvgIpc) is 2.15. The first kappa shape index (κ1) is 11.8. The van der Waals surface area contributed by atoms with Gasteiger partial charge in [-0.05, 0) is 15.9 Å². The Balaban J connectivity index is 3.47. The minimum Gasteiger partial charge on any atom is -0.496 e. The first-order valence-corrected chi connectivity index (χ1v) is 4.52. The van der Waals surface area contributed by atoms with Gasteiger partial charge in [0.25, 0.3) is 6.43 Å². The van der Waals surface area contributed by atoms with Gasteiger partial charge in [0.05, 0.1) is 12.7 Å². The van der Waals surface area contributed by atoms with Crippen LogP contribution in [-0.4, -0.2) is 23.2 Å². The van der Waals surface area contributed by atoms with Crippen LogP contribution in [0.25, 0.3) is 0 Å². The van der Waals surface area contributed by atoms with Crippen LogP contribution in [0.3, 0.4) is 0 Å². The molecule has 1 rings (SSSR count). The summed E-state index contributed by atoms with van der Waals surface area (Å²) in [4.78, 5) is 14.1. The molecular weight excluding hydrogens is 276 g/mol. The Bertz CT molecular complexity index is 398. The van der Waals surface area contributed by atoms with Gasteiger partial charge < -0.3 is 9.84 Å². The quantitative estimate of drug-likeness (QED) is 0.865. The number of pyridine rings is 1. The highest BCUT2D eigenvalue weighted by molar-refractivity contribution is 9.10. The zero-order valence-electron chi connectivity index (χ0n) is 7.50. The number of hydrogen-bond acceptors (Lipinski definition) is 3. The second-order valence-corrected chi connectivity index (χ2v) is 3.33. The number of aromatic carboxylic acids is 1. The molecule has 1 N–H and O–H groups in total. The number of carboxylic acids is 1. The average molecular weight is 282 g/mol. The van der Waals surface area contributed by atoms with Crippen molar-refractivity contribution in [3.05, 3.63) is 21.9 Å².